The maximum atomic E-state index is 10.7. The van der Waals surface area contributed by atoms with Crippen LogP contribution in [0.4, 0.5) is 5.69 Å². The minimum atomic E-state index is -0.781. The molecule has 0 bridgehead atoms. The van der Waals surface area contributed by atoms with Crippen LogP contribution in [-0.2, 0) is 17.8 Å². The van der Waals surface area contributed by atoms with Crippen LogP contribution >= 0.6 is 0 Å². The number of aryl methyl sites for hydroxylation is 1. The van der Waals surface area contributed by atoms with Crippen molar-refractivity contribution in [2.75, 3.05) is 19.0 Å². The third-order valence-electron chi connectivity index (χ3n) is 3.74. The number of carbonyl (C=O) groups is 1. The monoisotopic (exact) mass is 343 g/mol. The zero-order chi connectivity index (χ0) is 18.1. The molecular weight excluding hydrogens is 318 g/mol. The van der Waals surface area contributed by atoms with Crippen LogP contribution in [0.2, 0.25) is 0 Å². The first-order chi connectivity index (χ1) is 12.1. The van der Waals surface area contributed by atoms with Gasteiger partial charge in [0.25, 0.3) is 0 Å². The van der Waals surface area contributed by atoms with E-state index >= 15 is 0 Å². The second kappa shape index (κ2) is 9.57. The van der Waals surface area contributed by atoms with Crippen LogP contribution in [0.1, 0.15) is 30.9 Å². The molecule has 2 rings (SSSR count). The largest absolute Gasteiger partial charge is 0.493 e. The molecule has 0 aliphatic carbocycles. The Balaban J connectivity index is 2.00. The van der Waals surface area contributed by atoms with Crippen molar-refractivity contribution in [1.82, 2.24) is 0 Å². The summed E-state index contributed by atoms with van der Waals surface area (Å²) in [6.45, 7) is 3.36. The van der Waals surface area contributed by atoms with Gasteiger partial charge in [0, 0.05) is 18.7 Å². The van der Waals surface area contributed by atoms with E-state index in [1.54, 1.807) is 7.11 Å². The van der Waals surface area contributed by atoms with Crippen LogP contribution in [0, 0.1) is 0 Å². The van der Waals surface area contributed by atoms with Crippen LogP contribution in [0.3, 0.4) is 0 Å². The number of carboxylic acids is 1. The fourth-order valence-electron chi connectivity index (χ4n) is 2.45. The predicted molar refractivity (Wildman–Crippen MR) is 98.5 cm³/mol. The minimum Gasteiger partial charge on any atom is -0.493 e. The van der Waals surface area contributed by atoms with E-state index in [4.69, 9.17) is 14.6 Å². The number of anilines is 1. The highest BCUT2D eigenvalue weighted by Crippen LogP contribution is 2.28. The van der Waals surface area contributed by atoms with Crippen molar-refractivity contribution in [3.8, 4) is 11.5 Å². The van der Waals surface area contributed by atoms with E-state index in [2.05, 4.69) is 12.2 Å². The molecule has 0 saturated carbocycles. The summed E-state index contributed by atoms with van der Waals surface area (Å²) in [5.41, 5.74) is 3.06. The number of rotatable bonds is 10. The lowest BCUT2D eigenvalue weighted by Gasteiger charge is -2.13. The molecule has 0 atom stereocenters. The zero-order valence-corrected chi connectivity index (χ0v) is 14.7. The Morgan fingerprint density at radius 1 is 1.12 bits per heavy atom. The quantitative estimate of drug-likeness (QED) is 0.679. The van der Waals surface area contributed by atoms with Crippen LogP contribution in [0.15, 0.2) is 42.5 Å². The molecule has 0 fully saturated rings. The lowest BCUT2D eigenvalue weighted by Crippen LogP contribution is -2.03. The summed E-state index contributed by atoms with van der Waals surface area (Å²) >= 11 is 0. The highest BCUT2D eigenvalue weighted by Gasteiger charge is 2.06. The van der Waals surface area contributed by atoms with Crippen molar-refractivity contribution in [3.63, 3.8) is 0 Å². The number of hydrogen-bond acceptors (Lipinski definition) is 4. The third kappa shape index (κ3) is 6.03. The molecule has 0 saturated heterocycles. The van der Waals surface area contributed by atoms with Gasteiger partial charge >= 0.3 is 5.97 Å². The normalized spacial score (nSPS) is 10.3. The number of ether oxygens (including phenoxy) is 2. The van der Waals surface area contributed by atoms with E-state index in [-0.39, 0.29) is 6.42 Å². The minimum absolute atomic E-state index is 0.139. The first-order valence-corrected chi connectivity index (χ1v) is 8.46. The Kier molecular flexibility index (Phi) is 7.14. The molecule has 0 unspecified atom stereocenters. The topological polar surface area (TPSA) is 67.8 Å². The molecule has 5 heteroatoms. The van der Waals surface area contributed by atoms with Gasteiger partial charge in [0.2, 0.25) is 0 Å². The molecule has 0 aliphatic heterocycles. The maximum absolute atomic E-state index is 10.7. The summed E-state index contributed by atoms with van der Waals surface area (Å²) in [6, 6.07) is 13.7. The number of benzene rings is 2. The van der Waals surface area contributed by atoms with Crippen molar-refractivity contribution in [1.29, 1.82) is 0 Å². The summed E-state index contributed by atoms with van der Waals surface area (Å²) < 4.78 is 11.1. The van der Waals surface area contributed by atoms with Crippen LogP contribution < -0.4 is 14.8 Å². The summed E-state index contributed by atoms with van der Waals surface area (Å²) in [4.78, 5) is 10.7. The van der Waals surface area contributed by atoms with Gasteiger partial charge in [-0.3, -0.25) is 4.79 Å². The van der Waals surface area contributed by atoms with Crippen molar-refractivity contribution in [3.05, 3.63) is 53.6 Å². The summed E-state index contributed by atoms with van der Waals surface area (Å²) in [6.07, 6.45) is 1.61. The van der Waals surface area contributed by atoms with Crippen LogP contribution in [0.25, 0.3) is 0 Å². The molecule has 2 aromatic rings. The van der Waals surface area contributed by atoms with Gasteiger partial charge in [-0.25, -0.2) is 0 Å². The summed E-state index contributed by atoms with van der Waals surface area (Å²) in [5.74, 6) is 0.697. The van der Waals surface area contributed by atoms with Gasteiger partial charge in [0.15, 0.2) is 11.5 Å². The van der Waals surface area contributed by atoms with E-state index in [9.17, 15) is 4.79 Å². The first-order valence-electron chi connectivity index (χ1n) is 8.46. The van der Waals surface area contributed by atoms with E-state index in [0.29, 0.717) is 19.6 Å². The second-order valence-electron chi connectivity index (χ2n) is 5.78. The van der Waals surface area contributed by atoms with E-state index < -0.39 is 5.97 Å². The van der Waals surface area contributed by atoms with E-state index in [1.165, 1.54) is 0 Å². The van der Waals surface area contributed by atoms with E-state index in [1.807, 2.05) is 42.5 Å². The molecule has 134 valence electrons. The van der Waals surface area contributed by atoms with Crippen LogP contribution in [0.5, 0.6) is 11.5 Å². The van der Waals surface area contributed by atoms with Gasteiger partial charge in [-0.05, 0) is 48.2 Å². The Morgan fingerprint density at radius 3 is 2.68 bits per heavy atom. The van der Waals surface area contributed by atoms with Crippen molar-refractivity contribution >= 4 is 11.7 Å². The number of hydrogen-bond donors (Lipinski definition) is 2. The van der Waals surface area contributed by atoms with Gasteiger partial charge in [0.05, 0.1) is 13.7 Å². The number of aliphatic carboxylic acids is 1. The number of nitrogens with one attached hydrogen (secondary N) is 1. The second-order valence-corrected chi connectivity index (χ2v) is 5.78. The van der Waals surface area contributed by atoms with Gasteiger partial charge in [-0.1, -0.05) is 25.1 Å². The van der Waals surface area contributed by atoms with Gasteiger partial charge in [0.1, 0.15) is 0 Å². The van der Waals surface area contributed by atoms with Gasteiger partial charge in [-0.2, -0.15) is 0 Å². The fraction of sp³-hybridized carbons (Fsp3) is 0.350. The molecule has 0 amide bonds. The standard InChI is InChI=1S/C20H25NO4/c1-3-11-25-19-13-16(7-9-18(19)24-2)14-21-17-6-4-5-15(12-17)8-10-20(22)23/h4-7,9,12-13,21H,3,8,10-11,14H2,1-2H3,(H,22,23). The highest BCUT2D eigenvalue weighted by atomic mass is 16.5. The Bertz CT molecular complexity index is 700. The molecule has 0 heterocycles. The highest BCUT2D eigenvalue weighted by molar-refractivity contribution is 5.67. The Hall–Kier alpha value is -2.69. The van der Waals surface area contributed by atoms with Crippen molar-refractivity contribution < 1.29 is 19.4 Å². The fourth-order valence-corrected chi connectivity index (χ4v) is 2.45. The average molecular weight is 343 g/mol. The molecule has 0 aromatic heterocycles. The molecule has 0 aliphatic rings. The lowest BCUT2D eigenvalue weighted by atomic mass is 10.1. The van der Waals surface area contributed by atoms with Crippen molar-refractivity contribution in [2.45, 2.75) is 32.7 Å². The van der Waals surface area contributed by atoms with E-state index in [0.717, 1.165) is 34.7 Å². The number of carboxylic acid groups (broad SMARTS) is 1. The molecule has 25 heavy (non-hydrogen) atoms. The summed E-state index contributed by atoms with van der Waals surface area (Å²) in [7, 11) is 1.63. The average Bonchev–Trinajstić information content (AvgIpc) is 2.63. The molecular formula is C20H25NO4. The first kappa shape index (κ1) is 18.6. The van der Waals surface area contributed by atoms with Gasteiger partial charge < -0.3 is 19.9 Å². The Labute approximate surface area is 148 Å². The molecule has 5 nitrogen and oxygen atoms in total. The van der Waals surface area contributed by atoms with Crippen molar-refractivity contribution in [2.24, 2.45) is 0 Å². The number of methoxy groups -OCH3 is 1. The molecule has 2 aromatic carbocycles. The lowest BCUT2D eigenvalue weighted by molar-refractivity contribution is -0.136. The summed E-state index contributed by atoms with van der Waals surface area (Å²) in [5, 5.41) is 12.2. The van der Waals surface area contributed by atoms with Crippen LogP contribution in [-0.4, -0.2) is 24.8 Å². The predicted octanol–water partition coefficient (Wildman–Crippen LogP) is 4.11. The molecule has 0 radical (unpaired) electrons. The Morgan fingerprint density at radius 2 is 1.96 bits per heavy atom. The van der Waals surface area contributed by atoms with Gasteiger partial charge in [-0.15, -0.1) is 0 Å². The molecule has 2 N–H and O–H groups in total. The zero-order valence-electron chi connectivity index (χ0n) is 14.7. The molecule has 0 spiro atoms. The third-order valence-corrected chi connectivity index (χ3v) is 3.74. The smallest absolute Gasteiger partial charge is 0.303 e. The maximum Gasteiger partial charge on any atom is 0.303 e. The SMILES string of the molecule is CCCOc1cc(CNc2cccc(CCC(=O)O)c2)ccc1OC.